The lowest BCUT2D eigenvalue weighted by Gasteiger charge is -2.11. The highest BCUT2D eigenvalue weighted by atomic mass is 35.5. The maximum Gasteiger partial charge on any atom is 0.245 e. The van der Waals surface area contributed by atoms with Gasteiger partial charge in [0.2, 0.25) is 5.91 Å². The normalized spacial score (nSPS) is 10.6. The molecule has 0 radical (unpaired) electrons. The molecular formula is C17H19ClN4O. The smallest absolute Gasteiger partial charge is 0.245 e. The Balaban J connectivity index is 1.77. The third kappa shape index (κ3) is 5.64. The molecule has 2 aromatic carbocycles. The van der Waals surface area contributed by atoms with E-state index in [2.05, 4.69) is 15.8 Å². The van der Waals surface area contributed by atoms with E-state index < -0.39 is 0 Å². The predicted molar refractivity (Wildman–Crippen MR) is 96.4 cm³/mol. The zero-order valence-corrected chi connectivity index (χ0v) is 13.8. The Bertz CT molecular complexity index is 666. The van der Waals surface area contributed by atoms with E-state index in [0.29, 0.717) is 10.7 Å². The van der Waals surface area contributed by atoms with Crippen molar-refractivity contribution in [3.8, 4) is 0 Å². The first-order chi connectivity index (χ1) is 11.0. The maximum absolute atomic E-state index is 11.7. The summed E-state index contributed by atoms with van der Waals surface area (Å²) in [6.45, 7) is 0.0922. The van der Waals surface area contributed by atoms with Crippen LogP contribution in [0.1, 0.15) is 5.56 Å². The quantitative estimate of drug-likeness (QED) is 0.632. The molecule has 0 spiro atoms. The number of rotatable bonds is 6. The van der Waals surface area contributed by atoms with Crippen molar-refractivity contribution < 1.29 is 4.79 Å². The number of hydrogen-bond donors (Lipinski definition) is 2. The Hall–Kier alpha value is -2.53. The Morgan fingerprint density at radius 2 is 1.78 bits per heavy atom. The summed E-state index contributed by atoms with van der Waals surface area (Å²) in [5.74, 6) is -0.174. The summed E-state index contributed by atoms with van der Waals surface area (Å²) in [6, 6.07) is 14.9. The maximum atomic E-state index is 11.7. The zero-order chi connectivity index (χ0) is 16.7. The molecule has 0 bridgehead atoms. The van der Waals surface area contributed by atoms with Crippen LogP contribution in [-0.4, -0.2) is 32.8 Å². The highest BCUT2D eigenvalue weighted by molar-refractivity contribution is 6.30. The van der Waals surface area contributed by atoms with Gasteiger partial charge in [-0.05, 0) is 42.0 Å². The van der Waals surface area contributed by atoms with Gasteiger partial charge >= 0.3 is 0 Å². The minimum Gasteiger partial charge on any atom is -0.378 e. The second-order valence-electron chi connectivity index (χ2n) is 5.13. The molecule has 0 saturated carbocycles. The SMILES string of the molecule is CN(C)c1ccc(/C=N/NCC(=O)Nc2ccc(Cl)cc2)cc1. The van der Waals surface area contributed by atoms with Crippen LogP contribution >= 0.6 is 11.6 Å². The van der Waals surface area contributed by atoms with E-state index in [1.165, 1.54) is 0 Å². The third-order valence-corrected chi connectivity index (χ3v) is 3.33. The van der Waals surface area contributed by atoms with Crippen LogP contribution in [0.25, 0.3) is 0 Å². The number of carbonyl (C=O) groups excluding carboxylic acids is 1. The van der Waals surface area contributed by atoms with E-state index in [1.54, 1.807) is 30.5 Å². The van der Waals surface area contributed by atoms with Gasteiger partial charge < -0.3 is 15.6 Å². The monoisotopic (exact) mass is 330 g/mol. The summed E-state index contributed by atoms with van der Waals surface area (Å²) >= 11 is 5.79. The molecule has 23 heavy (non-hydrogen) atoms. The Morgan fingerprint density at radius 1 is 1.13 bits per heavy atom. The number of amides is 1. The highest BCUT2D eigenvalue weighted by Gasteiger charge is 2.00. The summed E-state index contributed by atoms with van der Waals surface area (Å²) in [5, 5.41) is 7.42. The van der Waals surface area contributed by atoms with Crippen LogP contribution in [0.5, 0.6) is 0 Å². The molecule has 2 aromatic rings. The lowest BCUT2D eigenvalue weighted by Crippen LogP contribution is -2.24. The number of nitrogens with zero attached hydrogens (tertiary/aromatic N) is 2. The summed E-state index contributed by atoms with van der Waals surface area (Å²) < 4.78 is 0. The molecule has 6 heteroatoms. The summed E-state index contributed by atoms with van der Waals surface area (Å²) in [6.07, 6.45) is 1.68. The van der Waals surface area contributed by atoms with Crippen LogP contribution < -0.4 is 15.6 Å². The number of anilines is 2. The first kappa shape index (κ1) is 16.8. The van der Waals surface area contributed by atoms with Crippen molar-refractivity contribution in [2.75, 3.05) is 30.9 Å². The first-order valence-electron chi connectivity index (χ1n) is 7.13. The van der Waals surface area contributed by atoms with Crippen molar-refractivity contribution in [3.63, 3.8) is 0 Å². The Kier molecular flexibility index (Phi) is 6.00. The Morgan fingerprint density at radius 3 is 2.39 bits per heavy atom. The number of benzene rings is 2. The minimum absolute atomic E-state index is 0.0922. The molecule has 0 aromatic heterocycles. The Labute approximate surface area is 141 Å². The molecular weight excluding hydrogens is 312 g/mol. The zero-order valence-electron chi connectivity index (χ0n) is 13.1. The molecule has 120 valence electrons. The van der Waals surface area contributed by atoms with Gasteiger partial charge in [-0.1, -0.05) is 23.7 Å². The van der Waals surface area contributed by atoms with Crippen LogP contribution in [0, 0.1) is 0 Å². The van der Waals surface area contributed by atoms with Crippen molar-refractivity contribution in [2.24, 2.45) is 5.10 Å². The van der Waals surface area contributed by atoms with Gasteiger partial charge in [0.05, 0.1) is 6.21 Å². The van der Waals surface area contributed by atoms with E-state index in [9.17, 15) is 4.79 Å². The van der Waals surface area contributed by atoms with Crippen LogP contribution in [0.15, 0.2) is 53.6 Å². The van der Waals surface area contributed by atoms with Crippen molar-refractivity contribution in [2.45, 2.75) is 0 Å². The van der Waals surface area contributed by atoms with E-state index in [1.807, 2.05) is 43.3 Å². The molecule has 0 aliphatic carbocycles. The molecule has 0 saturated heterocycles. The fourth-order valence-electron chi connectivity index (χ4n) is 1.83. The fourth-order valence-corrected chi connectivity index (χ4v) is 1.96. The van der Waals surface area contributed by atoms with Gasteiger partial charge in [0.25, 0.3) is 0 Å². The van der Waals surface area contributed by atoms with Crippen LogP contribution in [0.4, 0.5) is 11.4 Å². The number of hydrogen-bond acceptors (Lipinski definition) is 4. The molecule has 2 rings (SSSR count). The first-order valence-corrected chi connectivity index (χ1v) is 7.51. The van der Waals surface area contributed by atoms with Gasteiger partial charge in [0.15, 0.2) is 0 Å². The van der Waals surface area contributed by atoms with E-state index in [0.717, 1.165) is 11.3 Å². The molecule has 1 amide bonds. The lowest BCUT2D eigenvalue weighted by molar-refractivity contribution is -0.115. The molecule has 0 aliphatic rings. The van der Waals surface area contributed by atoms with E-state index in [4.69, 9.17) is 11.6 Å². The topological polar surface area (TPSA) is 56.7 Å². The lowest BCUT2D eigenvalue weighted by atomic mass is 10.2. The van der Waals surface area contributed by atoms with Gasteiger partial charge in [0, 0.05) is 30.5 Å². The van der Waals surface area contributed by atoms with E-state index >= 15 is 0 Å². The predicted octanol–water partition coefficient (Wildman–Crippen LogP) is 2.97. The van der Waals surface area contributed by atoms with E-state index in [-0.39, 0.29) is 12.5 Å². The van der Waals surface area contributed by atoms with Gasteiger partial charge in [-0.3, -0.25) is 4.79 Å². The molecule has 0 heterocycles. The minimum atomic E-state index is -0.174. The van der Waals surface area contributed by atoms with Crippen LogP contribution in [-0.2, 0) is 4.79 Å². The molecule has 0 aliphatic heterocycles. The number of carbonyl (C=O) groups is 1. The summed E-state index contributed by atoms with van der Waals surface area (Å²) in [7, 11) is 3.98. The molecule has 0 unspecified atom stereocenters. The average molecular weight is 331 g/mol. The van der Waals surface area contributed by atoms with Crippen molar-refractivity contribution in [1.82, 2.24) is 5.43 Å². The average Bonchev–Trinajstić information content (AvgIpc) is 2.54. The number of nitrogens with one attached hydrogen (secondary N) is 2. The second-order valence-corrected chi connectivity index (χ2v) is 5.57. The summed E-state index contributed by atoms with van der Waals surface area (Å²) in [4.78, 5) is 13.8. The van der Waals surface area contributed by atoms with Crippen molar-refractivity contribution in [1.29, 1.82) is 0 Å². The molecule has 0 atom stereocenters. The van der Waals surface area contributed by atoms with Gasteiger partial charge in [-0.2, -0.15) is 5.10 Å². The highest BCUT2D eigenvalue weighted by Crippen LogP contribution is 2.13. The fraction of sp³-hybridized carbons (Fsp3) is 0.176. The van der Waals surface area contributed by atoms with Crippen LogP contribution in [0.3, 0.4) is 0 Å². The van der Waals surface area contributed by atoms with Gasteiger partial charge in [0.1, 0.15) is 6.54 Å². The van der Waals surface area contributed by atoms with Crippen molar-refractivity contribution >= 4 is 35.1 Å². The molecule has 5 nitrogen and oxygen atoms in total. The third-order valence-electron chi connectivity index (χ3n) is 3.08. The molecule has 2 N–H and O–H groups in total. The number of halogens is 1. The number of hydrazone groups is 1. The van der Waals surface area contributed by atoms with Crippen LogP contribution in [0.2, 0.25) is 5.02 Å². The van der Waals surface area contributed by atoms with Gasteiger partial charge in [-0.15, -0.1) is 0 Å². The second kappa shape index (κ2) is 8.19. The molecule has 0 fully saturated rings. The van der Waals surface area contributed by atoms with Gasteiger partial charge in [-0.25, -0.2) is 0 Å². The summed E-state index contributed by atoms with van der Waals surface area (Å²) in [5.41, 5.74) is 5.50. The van der Waals surface area contributed by atoms with Crippen molar-refractivity contribution in [3.05, 3.63) is 59.1 Å². The largest absolute Gasteiger partial charge is 0.378 e. The standard InChI is InChI=1S/C17H19ClN4O/c1-22(2)16-9-3-13(4-10-16)11-19-20-12-17(23)21-15-7-5-14(18)6-8-15/h3-11,20H,12H2,1-2H3,(H,21,23)/b19-11+.